The molecule has 0 saturated carbocycles. The van der Waals surface area contributed by atoms with Crippen LogP contribution < -0.4 is 9.80 Å². The van der Waals surface area contributed by atoms with Crippen LogP contribution in [-0.2, 0) is 0 Å². The second-order valence-corrected chi connectivity index (χ2v) is 7.62. The fraction of sp³-hybridized carbons (Fsp3) is 0.120. The summed E-state index contributed by atoms with van der Waals surface area (Å²) in [7, 11) is 0. The molecule has 0 spiro atoms. The topological polar surface area (TPSA) is 45.4 Å². The van der Waals surface area contributed by atoms with Gasteiger partial charge in [-0.25, -0.2) is 9.97 Å². The Bertz CT molecular complexity index is 1390. The van der Waals surface area contributed by atoms with Gasteiger partial charge in [0.15, 0.2) is 17.2 Å². The van der Waals surface area contributed by atoms with Crippen molar-refractivity contribution < 1.29 is 4.42 Å². The Balaban J connectivity index is 1.63. The summed E-state index contributed by atoms with van der Waals surface area (Å²) in [6, 6.07) is 22.8. The van der Waals surface area contributed by atoms with Gasteiger partial charge in [-0.1, -0.05) is 48.5 Å². The van der Waals surface area contributed by atoms with E-state index in [2.05, 4.69) is 59.0 Å². The summed E-state index contributed by atoms with van der Waals surface area (Å²) in [6.07, 6.45) is 3.49. The first-order valence-corrected chi connectivity index (χ1v) is 10.1. The average Bonchev–Trinajstić information content (AvgIpc) is 3.29. The summed E-state index contributed by atoms with van der Waals surface area (Å²) in [5, 5.41) is 2.24. The van der Waals surface area contributed by atoms with Crippen molar-refractivity contribution in [2.75, 3.05) is 9.80 Å². The maximum absolute atomic E-state index is 6.37. The van der Waals surface area contributed by atoms with Gasteiger partial charge in [0.1, 0.15) is 11.7 Å². The number of anilines is 4. The number of fused-ring (bicyclic) bond motifs is 4. The highest BCUT2D eigenvalue weighted by atomic mass is 16.3. The second kappa shape index (κ2) is 6.32. The van der Waals surface area contributed by atoms with Crippen LogP contribution in [0.2, 0.25) is 0 Å². The van der Waals surface area contributed by atoms with E-state index < -0.39 is 0 Å². The Morgan fingerprint density at radius 2 is 1.47 bits per heavy atom. The van der Waals surface area contributed by atoms with E-state index in [9.17, 15) is 0 Å². The first-order valence-electron chi connectivity index (χ1n) is 10.1. The van der Waals surface area contributed by atoms with Crippen molar-refractivity contribution in [1.82, 2.24) is 9.97 Å². The van der Waals surface area contributed by atoms with Gasteiger partial charge in [-0.2, -0.15) is 0 Å². The molecule has 146 valence electrons. The van der Waals surface area contributed by atoms with Crippen molar-refractivity contribution in [2.24, 2.45) is 0 Å². The van der Waals surface area contributed by atoms with Crippen LogP contribution in [0.15, 0.2) is 83.5 Å². The highest BCUT2D eigenvalue weighted by Gasteiger charge is 2.39. The Labute approximate surface area is 174 Å². The zero-order chi connectivity index (χ0) is 20.2. The normalized spacial score (nSPS) is 15.9. The van der Waals surface area contributed by atoms with Crippen molar-refractivity contribution in [2.45, 2.75) is 20.0 Å². The molecule has 2 aromatic heterocycles. The van der Waals surface area contributed by atoms with E-state index >= 15 is 0 Å². The minimum atomic E-state index is -0.0117. The third-order valence-electron chi connectivity index (χ3n) is 5.86. The molecule has 1 aliphatic rings. The van der Waals surface area contributed by atoms with Crippen LogP contribution in [-0.4, -0.2) is 16.1 Å². The molecule has 0 N–H and O–H groups in total. The summed E-state index contributed by atoms with van der Waals surface area (Å²) in [6.45, 7) is 4.30. The van der Waals surface area contributed by atoms with Gasteiger partial charge in [0.2, 0.25) is 0 Å². The first kappa shape index (κ1) is 17.0. The third kappa shape index (κ3) is 2.29. The van der Waals surface area contributed by atoms with Crippen LogP contribution >= 0.6 is 0 Å². The molecule has 3 aromatic carbocycles. The lowest BCUT2D eigenvalue weighted by molar-refractivity contribution is 0.662. The molecule has 0 radical (unpaired) electrons. The lowest BCUT2D eigenvalue weighted by atomic mass is 10.1. The molecule has 0 saturated heterocycles. The van der Waals surface area contributed by atoms with Gasteiger partial charge in [-0.15, -0.1) is 0 Å². The standard InChI is InChI=1S/C25H20N4O/c1-16-12-13-20-19-10-6-7-11-21(19)30-23(20)22(16)29-17(2)28(18-8-4-3-5-9-18)24-25(29)27-15-14-26-24/h3-15,17H,1-2H3/t17-/m1/s1. The number of furan rings is 1. The number of para-hydroxylation sites is 2. The minimum absolute atomic E-state index is 0.0117. The van der Waals surface area contributed by atoms with Crippen molar-refractivity contribution in [1.29, 1.82) is 0 Å². The molecule has 6 rings (SSSR count). The number of aryl methyl sites for hydroxylation is 1. The van der Waals surface area contributed by atoms with Gasteiger partial charge < -0.3 is 9.32 Å². The second-order valence-electron chi connectivity index (χ2n) is 7.62. The van der Waals surface area contributed by atoms with E-state index in [-0.39, 0.29) is 6.17 Å². The maximum atomic E-state index is 6.37. The molecular formula is C25H20N4O. The molecular weight excluding hydrogens is 372 g/mol. The van der Waals surface area contributed by atoms with Crippen molar-refractivity contribution in [3.8, 4) is 0 Å². The molecule has 5 aromatic rings. The van der Waals surface area contributed by atoms with Crippen LogP contribution in [0.1, 0.15) is 12.5 Å². The molecule has 30 heavy (non-hydrogen) atoms. The smallest absolute Gasteiger partial charge is 0.178 e. The van der Waals surface area contributed by atoms with E-state index in [1.807, 2.05) is 36.4 Å². The summed E-state index contributed by atoms with van der Waals surface area (Å²) >= 11 is 0. The third-order valence-corrected chi connectivity index (χ3v) is 5.86. The van der Waals surface area contributed by atoms with Crippen LogP contribution in [0.5, 0.6) is 0 Å². The number of hydrogen-bond donors (Lipinski definition) is 0. The van der Waals surface area contributed by atoms with Gasteiger partial charge in [0.05, 0.1) is 5.69 Å². The van der Waals surface area contributed by atoms with Crippen LogP contribution in [0.4, 0.5) is 23.0 Å². The Morgan fingerprint density at radius 1 is 0.767 bits per heavy atom. The number of aromatic nitrogens is 2. The van der Waals surface area contributed by atoms with Crippen molar-refractivity contribution in [3.63, 3.8) is 0 Å². The van der Waals surface area contributed by atoms with Crippen molar-refractivity contribution in [3.05, 3.63) is 84.7 Å². The Kier molecular flexibility index (Phi) is 3.59. The highest BCUT2D eigenvalue weighted by Crippen LogP contribution is 2.48. The predicted molar refractivity (Wildman–Crippen MR) is 121 cm³/mol. The summed E-state index contributed by atoms with van der Waals surface area (Å²) in [4.78, 5) is 13.9. The molecule has 1 atom stereocenters. The fourth-order valence-corrected chi connectivity index (χ4v) is 4.52. The molecule has 0 amide bonds. The Hall–Kier alpha value is -3.86. The monoisotopic (exact) mass is 392 g/mol. The number of nitrogens with zero attached hydrogens (tertiary/aromatic N) is 4. The van der Waals surface area contributed by atoms with E-state index in [4.69, 9.17) is 9.40 Å². The highest BCUT2D eigenvalue weighted by molar-refractivity contribution is 6.10. The van der Waals surface area contributed by atoms with Crippen molar-refractivity contribution >= 4 is 44.9 Å². The maximum Gasteiger partial charge on any atom is 0.178 e. The van der Waals surface area contributed by atoms with Gasteiger partial charge in [-0.05, 0) is 37.6 Å². The first-order chi connectivity index (χ1) is 14.7. The summed E-state index contributed by atoms with van der Waals surface area (Å²) in [5.74, 6) is 1.69. The average molecular weight is 392 g/mol. The molecule has 3 heterocycles. The molecule has 5 nitrogen and oxygen atoms in total. The minimum Gasteiger partial charge on any atom is -0.454 e. The summed E-state index contributed by atoms with van der Waals surface area (Å²) in [5.41, 5.74) is 5.04. The zero-order valence-electron chi connectivity index (χ0n) is 16.8. The largest absolute Gasteiger partial charge is 0.454 e. The zero-order valence-corrected chi connectivity index (χ0v) is 16.8. The van der Waals surface area contributed by atoms with Gasteiger partial charge in [-0.3, -0.25) is 4.90 Å². The number of hydrogen-bond acceptors (Lipinski definition) is 5. The number of rotatable bonds is 2. The Morgan fingerprint density at radius 3 is 2.27 bits per heavy atom. The van der Waals surface area contributed by atoms with Gasteiger partial charge in [0, 0.05) is 28.9 Å². The van der Waals surface area contributed by atoms with Crippen LogP contribution in [0, 0.1) is 6.92 Å². The predicted octanol–water partition coefficient (Wildman–Crippen LogP) is 6.32. The summed E-state index contributed by atoms with van der Waals surface area (Å²) < 4.78 is 6.37. The molecule has 0 bridgehead atoms. The molecule has 0 aliphatic carbocycles. The quantitative estimate of drug-likeness (QED) is 0.352. The lowest BCUT2D eigenvalue weighted by Crippen LogP contribution is -2.36. The molecule has 0 fully saturated rings. The van der Waals surface area contributed by atoms with E-state index in [0.29, 0.717) is 0 Å². The van der Waals surface area contributed by atoms with Gasteiger partial charge >= 0.3 is 0 Å². The van der Waals surface area contributed by atoms with Crippen LogP contribution in [0.25, 0.3) is 21.9 Å². The molecule has 5 heteroatoms. The SMILES string of the molecule is Cc1ccc2c(oc3ccccc32)c1N1c2nccnc2N(c2ccccc2)[C@H]1C. The van der Waals surface area contributed by atoms with Gasteiger partial charge in [0.25, 0.3) is 0 Å². The van der Waals surface area contributed by atoms with E-state index in [0.717, 1.165) is 50.5 Å². The fourth-order valence-electron chi connectivity index (χ4n) is 4.52. The number of benzene rings is 3. The van der Waals surface area contributed by atoms with Crippen LogP contribution in [0.3, 0.4) is 0 Å². The molecule has 0 unspecified atom stereocenters. The van der Waals surface area contributed by atoms with E-state index in [1.54, 1.807) is 12.4 Å². The lowest BCUT2D eigenvalue weighted by Gasteiger charge is -2.30. The van der Waals surface area contributed by atoms with E-state index in [1.165, 1.54) is 0 Å². The molecule has 1 aliphatic heterocycles.